The van der Waals surface area contributed by atoms with Crippen molar-refractivity contribution < 1.29 is 0 Å². The number of nitrogens with one attached hydrogen (secondary N) is 1. The minimum atomic E-state index is 0.244. The molecule has 0 saturated heterocycles. The molecule has 0 unspecified atom stereocenters. The smallest absolute Gasteiger partial charge is 0.151 e. The molecule has 0 radical (unpaired) electrons. The molecular formula is C40H27N3. The molecule has 0 atom stereocenters. The third-order valence-corrected chi connectivity index (χ3v) is 8.30. The lowest BCUT2D eigenvalue weighted by Crippen LogP contribution is -1.98. The van der Waals surface area contributed by atoms with Crippen molar-refractivity contribution in [1.82, 2.24) is 4.57 Å². The number of amidine groups is 1. The highest BCUT2D eigenvalue weighted by Crippen LogP contribution is 2.36. The molecule has 0 aliphatic carbocycles. The Morgan fingerprint density at radius 3 is 1.98 bits per heavy atom. The highest BCUT2D eigenvalue weighted by molar-refractivity contribution is 6.14. The van der Waals surface area contributed by atoms with Gasteiger partial charge in [0, 0.05) is 33.8 Å². The molecule has 0 fully saturated rings. The van der Waals surface area contributed by atoms with E-state index in [2.05, 4.69) is 131 Å². The van der Waals surface area contributed by atoms with E-state index in [1.807, 2.05) is 36.5 Å². The fourth-order valence-corrected chi connectivity index (χ4v) is 6.23. The average molecular weight is 550 g/mol. The second-order valence-electron chi connectivity index (χ2n) is 10.8. The maximum atomic E-state index is 8.51. The summed E-state index contributed by atoms with van der Waals surface area (Å²) in [6, 6.07) is 53.0. The number of benzene rings is 7. The van der Waals surface area contributed by atoms with Crippen LogP contribution >= 0.6 is 0 Å². The summed E-state index contributed by atoms with van der Waals surface area (Å²) in [5.74, 6) is 0.244. The first-order chi connectivity index (χ1) is 21.2. The van der Waals surface area contributed by atoms with Crippen LogP contribution in [-0.2, 0) is 0 Å². The first-order valence-electron chi connectivity index (χ1n) is 14.5. The molecule has 1 heterocycles. The van der Waals surface area contributed by atoms with E-state index in [4.69, 9.17) is 5.41 Å². The molecule has 8 rings (SSSR count). The number of aromatic nitrogens is 1. The lowest BCUT2D eigenvalue weighted by Gasteiger charge is -2.13. The predicted octanol–water partition coefficient (Wildman–Crippen LogP) is 10.2. The third kappa shape index (κ3) is 4.30. The maximum absolute atomic E-state index is 8.51. The molecule has 3 nitrogen and oxygen atoms in total. The van der Waals surface area contributed by atoms with Gasteiger partial charge in [-0.15, -0.1) is 0 Å². The van der Waals surface area contributed by atoms with Gasteiger partial charge in [0.25, 0.3) is 0 Å². The second-order valence-corrected chi connectivity index (χ2v) is 10.8. The summed E-state index contributed by atoms with van der Waals surface area (Å²) in [6.07, 6.45) is 1.82. The van der Waals surface area contributed by atoms with E-state index in [1.54, 1.807) is 0 Å². The van der Waals surface area contributed by atoms with E-state index < -0.39 is 0 Å². The van der Waals surface area contributed by atoms with Gasteiger partial charge in [0.05, 0.1) is 11.0 Å². The molecule has 0 bridgehead atoms. The van der Waals surface area contributed by atoms with E-state index in [9.17, 15) is 0 Å². The van der Waals surface area contributed by atoms with Crippen molar-refractivity contribution in [3.05, 3.63) is 163 Å². The molecule has 1 N–H and O–H groups in total. The van der Waals surface area contributed by atoms with Gasteiger partial charge in [-0.3, -0.25) is 5.41 Å². The number of hydrogen-bond acceptors (Lipinski definition) is 1. The van der Waals surface area contributed by atoms with Crippen molar-refractivity contribution >= 4 is 55.4 Å². The second kappa shape index (κ2) is 10.2. The summed E-state index contributed by atoms with van der Waals surface area (Å²) < 4.78 is 2.37. The van der Waals surface area contributed by atoms with Crippen molar-refractivity contribution in [2.75, 3.05) is 0 Å². The van der Waals surface area contributed by atoms with Gasteiger partial charge >= 0.3 is 0 Å². The molecular weight excluding hydrogens is 522 g/mol. The zero-order valence-corrected chi connectivity index (χ0v) is 23.4. The lowest BCUT2D eigenvalue weighted by molar-refractivity contribution is 1.18. The zero-order chi connectivity index (χ0) is 28.8. The maximum Gasteiger partial charge on any atom is 0.151 e. The lowest BCUT2D eigenvalue weighted by atomic mass is 9.93. The Bertz CT molecular complexity index is 2340. The summed E-state index contributed by atoms with van der Waals surface area (Å²) in [4.78, 5) is 4.56. The van der Waals surface area contributed by atoms with Crippen molar-refractivity contribution in [1.29, 1.82) is 5.41 Å². The Labute approximate surface area is 249 Å². The Balaban J connectivity index is 1.27. The molecule has 8 aromatic rings. The van der Waals surface area contributed by atoms with Gasteiger partial charge in [-0.05, 0) is 63.0 Å². The van der Waals surface area contributed by atoms with Crippen LogP contribution in [0.2, 0.25) is 0 Å². The SMILES string of the molecule is N=C(/N=C/c1ccc2ccccc2c1-c1ccc(-n2c3ccccc3c3cc4ccccc4cc32)cc1)c1ccccc1. The van der Waals surface area contributed by atoms with Crippen LogP contribution in [0.4, 0.5) is 0 Å². The largest absolute Gasteiger partial charge is 0.309 e. The summed E-state index contributed by atoms with van der Waals surface area (Å²) in [6.45, 7) is 0. The zero-order valence-electron chi connectivity index (χ0n) is 23.4. The standard InChI is InChI=1S/C40H27N3/c41-40(29-11-2-1-3-12-29)42-26-32-19-18-27-10-6-7-15-34(27)39(32)28-20-22-33(23-21-28)43-37-17-9-8-16-35(37)36-24-30-13-4-5-14-31(30)25-38(36)43/h1-26,41H/b41-40?,42-26+. The molecule has 0 amide bonds. The van der Waals surface area contributed by atoms with Gasteiger partial charge in [-0.2, -0.15) is 0 Å². The molecule has 7 aromatic carbocycles. The number of nitrogens with zero attached hydrogens (tertiary/aromatic N) is 2. The van der Waals surface area contributed by atoms with Gasteiger partial charge in [0.1, 0.15) is 0 Å². The van der Waals surface area contributed by atoms with E-state index in [-0.39, 0.29) is 5.84 Å². The average Bonchev–Trinajstić information content (AvgIpc) is 3.39. The fourth-order valence-electron chi connectivity index (χ4n) is 6.23. The molecule has 0 aliphatic heterocycles. The quantitative estimate of drug-likeness (QED) is 0.168. The normalized spacial score (nSPS) is 11.7. The molecule has 3 heteroatoms. The summed E-state index contributed by atoms with van der Waals surface area (Å²) >= 11 is 0. The van der Waals surface area contributed by atoms with Gasteiger partial charge in [-0.25, -0.2) is 4.99 Å². The van der Waals surface area contributed by atoms with Crippen LogP contribution in [0.5, 0.6) is 0 Å². The molecule has 43 heavy (non-hydrogen) atoms. The van der Waals surface area contributed by atoms with Crippen LogP contribution in [0, 0.1) is 5.41 Å². The van der Waals surface area contributed by atoms with Gasteiger partial charge in [0.2, 0.25) is 0 Å². The monoisotopic (exact) mass is 549 g/mol. The summed E-state index contributed by atoms with van der Waals surface area (Å²) in [5.41, 5.74) is 7.51. The van der Waals surface area contributed by atoms with E-state index in [0.717, 1.165) is 33.3 Å². The van der Waals surface area contributed by atoms with Crippen molar-refractivity contribution in [3.8, 4) is 16.8 Å². The van der Waals surface area contributed by atoms with Crippen molar-refractivity contribution in [3.63, 3.8) is 0 Å². The number of para-hydroxylation sites is 1. The van der Waals surface area contributed by atoms with Crippen LogP contribution in [0.15, 0.2) is 157 Å². The predicted molar refractivity (Wildman–Crippen MR) is 182 cm³/mol. The van der Waals surface area contributed by atoms with Crippen molar-refractivity contribution in [2.24, 2.45) is 4.99 Å². The Morgan fingerprint density at radius 1 is 0.535 bits per heavy atom. The topological polar surface area (TPSA) is 41.1 Å². The van der Waals surface area contributed by atoms with Crippen LogP contribution in [0.1, 0.15) is 11.1 Å². The highest BCUT2D eigenvalue weighted by Gasteiger charge is 2.14. The Hall–Kier alpha value is -5.80. The molecule has 1 aromatic heterocycles. The van der Waals surface area contributed by atoms with Crippen LogP contribution in [0.3, 0.4) is 0 Å². The van der Waals surface area contributed by atoms with Gasteiger partial charge in [0.15, 0.2) is 5.84 Å². The minimum Gasteiger partial charge on any atom is -0.309 e. The first-order valence-corrected chi connectivity index (χ1v) is 14.5. The minimum absolute atomic E-state index is 0.244. The third-order valence-electron chi connectivity index (χ3n) is 8.30. The van der Waals surface area contributed by atoms with Crippen LogP contribution in [-0.4, -0.2) is 16.6 Å². The molecule has 0 saturated carbocycles. The number of aliphatic imine (C=N–C) groups is 1. The van der Waals surface area contributed by atoms with E-state index in [1.165, 1.54) is 38.0 Å². The van der Waals surface area contributed by atoms with Crippen LogP contribution in [0.25, 0.3) is 60.2 Å². The van der Waals surface area contributed by atoms with Crippen molar-refractivity contribution in [2.45, 2.75) is 0 Å². The Kier molecular flexibility index (Phi) is 5.94. The van der Waals surface area contributed by atoms with E-state index >= 15 is 0 Å². The molecule has 0 spiro atoms. The van der Waals surface area contributed by atoms with Crippen LogP contribution < -0.4 is 0 Å². The summed E-state index contributed by atoms with van der Waals surface area (Å²) in [7, 11) is 0. The Morgan fingerprint density at radius 2 is 1.19 bits per heavy atom. The number of hydrogen-bond donors (Lipinski definition) is 1. The number of fused-ring (bicyclic) bond motifs is 5. The highest BCUT2D eigenvalue weighted by atomic mass is 15.0. The number of rotatable bonds is 4. The molecule has 202 valence electrons. The van der Waals surface area contributed by atoms with Gasteiger partial charge in [-0.1, -0.05) is 121 Å². The molecule has 0 aliphatic rings. The first kappa shape index (κ1) is 25.0. The summed E-state index contributed by atoms with van der Waals surface area (Å²) in [5, 5.41) is 15.8. The van der Waals surface area contributed by atoms with Gasteiger partial charge < -0.3 is 4.57 Å². The van der Waals surface area contributed by atoms with E-state index in [0.29, 0.717) is 0 Å². The fraction of sp³-hybridized carbons (Fsp3) is 0.